The fourth-order valence-corrected chi connectivity index (χ4v) is 5.42. The first-order valence-corrected chi connectivity index (χ1v) is 8.07. The minimum atomic E-state index is -0.942. The highest BCUT2D eigenvalue weighted by Crippen LogP contribution is 2.63. The van der Waals surface area contributed by atoms with Crippen LogP contribution < -0.4 is 0 Å². The molecule has 2 N–H and O–H groups in total. The number of hydrogen-bond donors (Lipinski definition) is 2. The summed E-state index contributed by atoms with van der Waals surface area (Å²) in [6, 6.07) is 0. The molecule has 4 aliphatic rings. The lowest BCUT2D eigenvalue weighted by molar-refractivity contribution is -0.213. The Morgan fingerprint density at radius 2 is 1.77 bits per heavy atom. The standard InChI is InChI=1S/C17H24O5/c1-10(14(18)19)3-11(2)22-17-7-12-4-13(8-17)6-16(5-12,9-17)15(20)21/h3,11-13H,4-9H2,1-2H3,(H,18,19)(H,20,21). The van der Waals surface area contributed by atoms with Crippen molar-refractivity contribution in [2.24, 2.45) is 17.3 Å². The van der Waals surface area contributed by atoms with E-state index in [2.05, 4.69) is 0 Å². The maximum absolute atomic E-state index is 11.8. The molecular weight excluding hydrogens is 284 g/mol. The Kier molecular flexibility index (Phi) is 3.59. The molecule has 0 saturated heterocycles. The van der Waals surface area contributed by atoms with E-state index in [1.54, 1.807) is 13.0 Å². The van der Waals surface area contributed by atoms with Gasteiger partial charge in [-0.25, -0.2) is 4.79 Å². The number of carboxylic acids is 2. The van der Waals surface area contributed by atoms with E-state index in [0.29, 0.717) is 18.3 Å². The predicted molar refractivity (Wildman–Crippen MR) is 79.4 cm³/mol. The molecule has 0 aliphatic heterocycles. The molecule has 4 rings (SSSR count). The second-order valence-electron chi connectivity index (χ2n) is 7.71. The number of aliphatic carboxylic acids is 2. The van der Waals surface area contributed by atoms with Gasteiger partial charge in [-0.15, -0.1) is 0 Å². The third-order valence-corrected chi connectivity index (χ3v) is 5.72. The first kappa shape index (κ1) is 15.5. The summed E-state index contributed by atoms with van der Waals surface area (Å²) in [7, 11) is 0. The summed E-state index contributed by atoms with van der Waals surface area (Å²) in [6.07, 6.45) is 6.41. The Bertz CT molecular complexity index is 521. The van der Waals surface area contributed by atoms with Crippen LogP contribution in [0.4, 0.5) is 0 Å². The van der Waals surface area contributed by atoms with Crippen molar-refractivity contribution in [2.45, 2.75) is 64.1 Å². The molecule has 0 aromatic heterocycles. The molecule has 4 saturated carbocycles. The summed E-state index contributed by atoms with van der Waals surface area (Å²) in [5.74, 6) is -0.745. The Morgan fingerprint density at radius 1 is 1.18 bits per heavy atom. The van der Waals surface area contributed by atoms with Crippen LogP contribution in [0.5, 0.6) is 0 Å². The first-order chi connectivity index (χ1) is 10.2. The molecule has 0 spiro atoms. The SMILES string of the molecule is CC(=CC(C)OC12CC3CC(C1)CC(C(=O)O)(C3)C2)C(=O)O. The molecule has 0 radical (unpaired) electrons. The summed E-state index contributed by atoms with van der Waals surface area (Å²) in [6.45, 7) is 3.40. The van der Waals surface area contributed by atoms with Gasteiger partial charge in [0.15, 0.2) is 0 Å². The largest absolute Gasteiger partial charge is 0.481 e. The minimum Gasteiger partial charge on any atom is -0.481 e. The van der Waals surface area contributed by atoms with E-state index < -0.39 is 17.4 Å². The molecule has 0 heterocycles. The Morgan fingerprint density at radius 3 is 2.27 bits per heavy atom. The van der Waals surface area contributed by atoms with Gasteiger partial charge in [-0.3, -0.25) is 4.79 Å². The van der Waals surface area contributed by atoms with Gasteiger partial charge in [-0.05, 0) is 70.3 Å². The van der Waals surface area contributed by atoms with Crippen molar-refractivity contribution in [3.05, 3.63) is 11.6 Å². The van der Waals surface area contributed by atoms with E-state index in [1.165, 1.54) is 0 Å². The minimum absolute atomic E-state index is 0.269. The predicted octanol–water partition coefficient (Wildman–Crippen LogP) is 2.85. The highest BCUT2D eigenvalue weighted by atomic mass is 16.5. The maximum atomic E-state index is 11.8. The fourth-order valence-electron chi connectivity index (χ4n) is 5.42. The van der Waals surface area contributed by atoms with Crippen LogP contribution >= 0.6 is 0 Å². The maximum Gasteiger partial charge on any atom is 0.331 e. The molecule has 0 aromatic rings. The summed E-state index contributed by atoms with van der Waals surface area (Å²) >= 11 is 0. The summed E-state index contributed by atoms with van der Waals surface area (Å²) < 4.78 is 6.24. The van der Waals surface area contributed by atoms with Gasteiger partial charge < -0.3 is 14.9 Å². The number of rotatable bonds is 5. The van der Waals surface area contributed by atoms with Gasteiger partial charge in [0.1, 0.15) is 0 Å². The third kappa shape index (κ3) is 2.56. The average molecular weight is 308 g/mol. The topological polar surface area (TPSA) is 83.8 Å². The van der Waals surface area contributed by atoms with E-state index in [-0.39, 0.29) is 17.3 Å². The summed E-state index contributed by atoms with van der Waals surface area (Å²) in [5.41, 5.74) is -0.725. The van der Waals surface area contributed by atoms with E-state index in [0.717, 1.165) is 32.1 Å². The highest BCUT2D eigenvalue weighted by molar-refractivity contribution is 5.85. The van der Waals surface area contributed by atoms with Crippen LogP contribution in [0.1, 0.15) is 52.4 Å². The zero-order valence-corrected chi connectivity index (χ0v) is 13.2. The smallest absolute Gasteiger partial charge is 0.331 e. The van der Waals surface area contributed by atoms with E-state index in [9.17, 15) is 14.7 Å². The van der Waals surface area contributed by atoms with Crippen molar-refractivity contribution in [3.8, 4) is 0 Å². The Hall–Kier alpha value is -1.36. The van der Waals surface area contributed by atoms with Gasteiger partial charge in [0.25, 0.3) is 0 Å². The van der Waals surface area contributed by atoms with Crippen molar-refractivity contribution >= 4 is 11.9 Å². The number of carboxylic acid groups (broad SMARTS) is 2. The normalized spacial score (nSPS) is 41.5. The van der Waals surface area contributed by atoms with Gasteiger partial charge in [-0.1, -0.05) is 0 Å². The number of hydrogen-bond acceptors (Lipinski definition) is 3. The van der Waals surface area contributed by atoms with Crippen LogP contribution in [0.3, 0.4) is 0 Å². The van der Waals surface area contributed by atoms with Crippen LogP contribution in [0.2, 0.25) is 0 Å². The van der Waals surface area contributed by atoms with Crippen LogP contribution in [0.25, 0.3) is 0 Å². The molecule has 4 fully saturated rings. The Balaban J connectivity index is 1.80. The lowest BCUT2D eigenvalue weighted by Gasteiger charge is -2.60. The van der Waals surface area contributed by atoms with Gasteiger partial charge in [0.2, 0.25) is 0 Å². The van der Waals surface area contributed by atoms with E-state index >= 15 is 0 Å². The average Bonchev–Trinajstić information content (AvgIpc) is 2.35. The Labute approximate surface area is 130 Å². The quantitative estimate of drug-likeness (QED) is 0.763. The molecule has 122 valence electrons. The van der Waals surface area contributed by atoms with Crippen molar-refractivity contribution in [2.75, 3.05) is 0 Å². The molecule has 0 amide bonds. The summed E-state index contributed by atoms with van der Waals surface area (Å²) in [5, 5.41) is 18.7. The molecule has 0 aromatic carbocycles. The van der Waals surface area contributed by atoms with Crippen molar-refractivity contribution in [1.82, 2.24) is 0 Å². The second-order valence-corrected chi connectivity index (χ2v) is 7.71. The zero-order valence-electron chi connectivity index (χ0n) is 13.2. The molecule has 3 atom stereocenters. The van der Waals surface area contributed by atoms with Crippen LogP contribution in [-0.4, -0.2) is 33.9 Å². The lowest BCUT2D eigenvalue weighted by Crippen LogP contribution is -2.59. The first-order valence-electron chi connectivity index (χ1n) is 8.07. The van der Waals surface area contributed by atoms with Crippen molar-refractivity contribution in [1.29, 1.82) is 0 Å². The fraction of sp³-hybridized carbons (Fsp3) is 0.765. The van der Waals surface area contributed by atoms with Crippen LogP contribution in [0.15, 0.2) is 11.6 Å². The number of ether oxygens (including phenoxy) is 1. The molecule has 5 heteroatoms. The molecule has 4 bridgehead atoms. The van der Waals surface area contributed by atoms with Gasteiger partial charge in [-0.2, -0.15) is 0 Å². The monoisotopic (exact) mass is 308 g/mol. The third-order valence-electron chi connectivity index (χ3n) is 5.72. The van der Waals surface area contributed by atoms with E-state index in [4.69, 9.17) is 9.84 Å². The van der Waals surface area contributed by atoms with Crippen molar-refractivity contribution < 1.29 is 24.5 Å². The molecule has 3 unspecified atom stereocenters. The molecule has 5 nitrogen and oxygen atoms in total. The van der Waals surface area contributed by atoms with Crippen LogP contribution in [0, 0.1) is 17.3 Å². The van der Waals surface area contributed by atoms with Crippen molar-refractivity contribution in [3.63, 3.8) is 0 Å². The van der Waals surface area contributed by atoms with Gasteiger partial charge in [0, 0.05) is 5.57 Å². The number of carbonyl (C=O) groups is 2. The van der Waals surface area contributed by atoms with Gasteiger partial charge >= 0.3 is 11.9 Å². The lowest BCUT2D eigenvalue weighted by atomic mass is 9.48. The molecular formula is C17H24O5. The zero-order chi connectivity index (χ0) is 16.1. The van der Waals surface area contributed by atoms with E-state index in [1.807, 2.05) is 6.92 Å². The molecule has 4 aliphatic carbocycles. The highest BCUT2D eigenvalue weighted by Gasteiger charge is 2.61. The van der Waals surface area contributed by atoms with Gasteiger partial charge in [0.05, 0.1) is 17.1 Å². The van der Waals surface area contributed by atoms with Crippen LogP contribution in [-0.2, 0) is 14.3 Å². The summed E-state index contributed by atoms with van der Waals surface area (Å²) in [4.78, 5) is 22.7. The molecule has 22 heavy (non-hydrogen) atoms. The second kappa shape index (κ2) is 5.08.